The van der Waals surface area contributed by atoms with Gasteiger partial charge in [0.25, 0.3) is 0 Å². The maximum absolute atomic E-state index is 12.4. The molecule has 0 bridgehead atoms. The van der Waals surface area contributed by atoms with Crippen LogP contribution in [0.4, 0.5) is 0 Å². The van der Waals surface area contributed by atoms with E-state index in [1.54, 1.807) is 24.3 Å². The summed E-state index contributed by atoms with van der Waals surface area (Å²) in [5, 5.41) is 9.26. The lowest BCUT2D eigenvalue weighted by Crippen LogP contribution is -2.39. The van der Waals surface area contributed by atoms with Gasteiger partial charge in [-0.1, -0.05) is 32.0 Å². The number of aliphatic hydroxyl groups is 1. The lowest BCUT2D eigenvalue weighted by atomic mass is 9.76. The van der Waals surface area contributed by atoms with Crippen LogP contribution in [0.2, 0.25) is 0 Å². The van der Waals surface area contributed by atoms with Crippen molar-refractivity contribution in [2.45, 2.75) is 57.1 Å². The Hall–Kier alpha value is -0.910. The minimum absolute atomic E-state index is 0.000209. The minimum Gasteiger partial charge on any atom is -0.392 e. The van der Waals surface area contributed by atoms with Gasteiger partial charge in [0.1, 0.15) is 0 Å². The van der Waals surface area contributed by atoms with Crippen molar-refractivity contribution >= 4 is 10.0 Å². The fraction of sp³-hybridized carbons (Fsp3) is 0.600. The first kappa shape index (κ1) is 15.5. The Morgan fingerprint density at radius 1 is 1.25 bits per heavy atom. The predicted molar refractivity (Wildman–Crippen MR) is 78.7 cm³/mol. The molecule has 0 spiro atoms. The van der Waals surface area contributed by atoms with Crippen LogP contribution in [0.1, 0.15) is 45.1 Å². The van der Waals surface area contributed by atoms with Crippen molar-refractivity contribution in [1.82, 2.24) is 4.72 Å². The van der Waals surface area contributed by atoms with E-state index in [-0.39, 0.29) is 17.5 Å². The van der Waals surface area contributed by atoms with E-state index in [0.29, 0.717) is 11.0 Å². The second-order valence-corrected chi connectivity index (χ2v) is 8.01. The zero-order valence-corrected chi connectivity index (χ0v) is 12.9. The summed E-state index contributed by atoms with van der Waals surface area (Å²) in [5.74, 6) is 0. The van der Waals surface area contributed by atoms with Crippen molar-refractivity contribution in [2.75, 3.05) is 0 Å². The Morgan fingerprint density at radius 3 is 2.45 bits per heavy atom. The van der Waals surface area contributed by atoms with E-state index in [9.17, 15) is 13.5 Å². The molecule has 4 nitrogen and oxygen atoms in total. The Bertz CT molecular complexity index is 556. The Kier molecular flexibility index (Phi) is 4.52. The van der Waals surface area contributed by atoms with Crippen molar-refractivity contribution in [1.29, 1.82) is 0 Å². The molecule has 1 aromatic rings. The summed E-state index contributed by atoms with van der Waals surface area (Å²) < 4.78 is 27.6. The third-order valence-electron chi connectivity index (χ3n) is 4.09. The van der Waals surface area contributed by atoms with Crippen LogP contribution in [0.5, 0.6) is 0 Å². The molecule has 1 fully saturated rings. The van der Waals surface area contributed by atoms with E-state index >= 15 is 0 Å². The van der Waals surface area contributed by atoms with Gasteiger partial charge in [-0.15, -0.1) is 0 Å². The number of hydrogen-bond donors (Lipinski definition) is 2. The van der Waals surface area contributed by atoms with Crippen LogP contribution in [-0.4, -0.2) is 19.6 Å². The lowest BCUT2D eigenvalue weighted by molar-refractivity contribution is 0.218. The molecule has 2 N–H and O–H groups in total. The van der Waals surface area contributed by atoms with Gasteiger partial charge in [0.2, 0.25) is 10.0 Å². The third kappa shape index (κ3) is 3.59. The highest BCUT2D eigenvalue weighted by Gasteiger charge is 2.30. The highest BCUT2D eigenvalue weighted by molar-refractivity contribution is 7.89. The number of rotatable bonds is 4. The van der Waals surface area contributed by atoms with Gasteiger partial charge in [-0.2, -0.15) is 0 Å². The van der Waals surface area contributed by atoms with E-state index in [1.807, 2.05) is 0 Å². The monoisotopic (exact) mass is 297 g/mol. The summed E-state index contributed by atoms with van der Waals surface area (Å²) in [6, 6.07) is 6.59. The maximum atomic E-state index is 12.4. The Labute approximate surface area is 121 Å². The van der Waals surface area contributed by atoms with E-state index in [4.69, 9.17) is 0 Å². The average molecular weight is 297 g/mol. The van der Waals surface area contributed by atoms with Crippen LogP contribution >= 0.6 is 0 Å². The first-order valence-corrected chi connectivity index (χ1v) is 8.53. The Balaban J connectivity index is 2.12. The molecule has 0 radical (unpaired) electrons. The molecule has 0 amide bonds. The molecule has 0 atom stereocenters. The van der Waals surface area contributed by atoms with Gasteiger partial charge in [-0.25, -0.2) is 13.1 Å². The normalized spacial score (nSPS) is 19.9. The number of nitrogens with one attached hydrogen (secondary N) is 1. The summed E-state index contributed by atoms with van der Waals surface area (Å²) in [6.45, 7) is 4.17. The van der Waals surface area contributed by atoms with Crippen LogP contribution in [-0.2, 0) is 16.6 Å². The zero-order valence-electron chi connectivity index (χ0n) is 12.1. The molecule has 0 aromatic heterocycles. The van der Waals surface area contributed by atoms with Crippen molar-refractivity contribution in [3.63, 3.8) is 0 Å². The number of sulfonamides is 1. The molecule has 1 aliphatic rings. The number of benzene rings is 1. The molecule has 0 unspecified atom stereocenters. The molecule has 0 heterocycles. The van der Waals surface area contributed by atoms with Crippen molar-refractivity contribution in [3.8, 4) is 0 Å². The quantitative estimate of drug-likeness (QED) is 0.897. The highest BCUT2D eigenvalue weighted by atomic mass is 32.2. The summed E-state index contributed by atoms with van der Waals surface area (Å²) in [4.78, 5) is 0.187. The van der Waals surface area contributed by atoms with E-state index < -0.39 is 10.0 Å². The number of aliphatic hydroxyl groups excluding tert-OH is 1. The van der Waals surface area contributed by atoms with E-state index in [1.165, 1.54) is 0 Å². The average Bonchev–Trinajstić information content (AvgIpc) is 2.41. The molecule has 20 heavy (non-hydrogen) atoms. The summed E-state index contributed by atoms with van der Waals surface area (Å²) in [6.07, 6.45) is 3.80. The van der Waals surface area contributed by atoms with Crippen LogP contribution < -0.4 is 4.72 Å². The van der Waals surface area contributed by atoms with E-state index in [0.717, 1.165) is 25.7 Å². The second kappa shape index (κ2) is 5.84. The van der Waals surface area contributed by atoms with Gasteiger partial charge in [0.05, 0.1) is 11.5 Å². The first-order chi connectivity index (χ1) is 9.34. The second-order valence-electron chi connectivity index (χ2n) is 6.33. The zero-order chi connectivity index (χ0) is 14.8. The Morgan fingerprint density at radius 2 is 1.85 bits per heavy atom. The predicted octanol–water partition coefficient (Wildman–Crippen LogP) is 2.43. The molecule has 0 saturated heterocycles. The van der Waals surface area contributed by atoms with Crippen LogP contribution in [0.15, 0.2) is 29.2 Å². The topological polar surface area (TPSA) is 66.4 Å². The first-order valence-electron chi connectivity index (χ1n) is 7.05. The fourth-order valence-corrected chi connectivity index (χ4v) is 4.23. The summed E-state index contributed by atoms with van der Waals surface area (Å²) >= 11 is 0. The molecule has 1 saturated carbocycles. The largest absolute Gasteiger partial charge is 0.392 e. The standard InChI is InChI=1S/C15H23NO3S/c1-15(2)9-7-13(8-10-15)16-20(18,19)14-6-4-3-5-12(14)11-17/h3-6,13,16-17H,7-11H2,1-2H3. The fourth-order valence-electron chi connectivity index (χ4n) is 2.70. The van der Waals surface area contributed by atoms with Crippen molar-refractivity contribution in [2.24, 2.45) is 5.41 Å². The molecule has 1 aromatic carbocycles. The molecular weight excluding hydrogens is 274 g/mol. The molecule has 1 aliphatic carbocycles. The van der Waals surface area contributed by atoms with Crippen molar-refractivity contribution < 1.29 is 13.5 Å². The summed E-state index contributed by atoms with van der Waals surface area (Å²) in [5.41, 5.74) is 0.751. The van der Waals surface area contributed by atoms with Gasteiger partial charge < -0.3 is 5.11 Å². The third-order valence-corrected chi connectivity index (χ3v) is 5.71. The van der Waals surface area contributed by atoms with Gasteiger partial charge in [0, 0.05) is 6.04 Å². The SMILES string of the molecule is CC1(C)CCC(NS(=O)(=O)c2ccccc2CO)CC1. The van der Waals surface area contributed by atoms with Gasteiger partial charge >= 0.3 is 0 Å². The molecule has 5 heteroatoms. The highest BCUT2D eigenvalue weighted by Crippen LogP contribution is 2.35. The minimum atomic E-state index is -3.55. The molecular formula is C15H23NO3S. The van der Waals surface area contributed by atoms with Crippen LogP contribution in [0.25, 0.3) is 0 Å². The molecule has 2 rings (SSSR count). The molecule has 112 valence electrons. The van der Waals surface area contributed by atoms with Crippen molar-refractivity contribution in [3.05, 3.63) is 29.8 Å². The smallest absolute Gasteiger partial charge is 0.241 e. The number of hydrogen-bond acceptors (Lipinski definition) is 3. The maximum Gasteiger partial charge on any atom is 0.241 e. The summed E-state index contributed by atoms with van der Waals surface area (Å²) in [7, 11) is -3.55. The van der Waals surface area contributed by atoms with E-state index in [2.05, 4.69) is 18.6 Å². The molecule has 0 aliphatic heterocycles. The lowest BCUT2D eigenvalue weighted by Gasteiger charge is -2.34. The van der Waals surface area contributed by atoms with Gasteiger partial charge in [0.15, 0.2) is 0 Å². The van der Waals surface area contributed by atoms with Gasteiger partial charge in [-0.3, -0.25) is 0 Å². The van der Waals surface area contributed by atoms with Gasteiger partial charge in [-0.05, 0) is 42.7 Å². The van der Waals surface area contributed by atoms with Crippen LogP contribution in [0, 0.1) is 5.41 Å². The van der Waals surface area contributed by atoms with Crippen LogP contribution in [0.3, 0.4) is 0 Å².